The summed E-state index contributed by atoms with van der Waals surface area (Å²) in [6, 6.07) is 9.73. The van der Waals surface area contributed by atoms with Crippen molar-refractivity contribution in [2.45, 2.75) is 0 Å². The van der Waals surface area contributed by atoms with Gasteiger partial charge in [0.05, 0.1) is 5.39 Å². The van der Waals surface area contributed by atoms with E-state index >= 15 is 0 Å². The monoisotopic (exact) mass is 314 g/mol. The van der Waals surface area contributed by atoms with Gasteiger partial charge in [0.25, 0.3) is 0 Å². The van der Waals surface area contributed by atoms with E-state index in [1.165, 1.54) is 11.3 Å². The first kappa shape index (κ1) is 11.1. The Kier molecular flexibility index (Phi) is 2.48. The molecule has 3 rings (SSSR count). The SMILES string of the molecule is N#Cc1nc(C#N)c2c(n1)sc1ccc(Br)cc12. The van der Waals surface area contributed by atoms with Crippen LogP contribution in [0.2, 0.25) is 0 Å². The van der Waals surface area contributed by atoms with Gasteiger partial charge in [-0.3, -0.25) is 0 Å². The van der Waals surface area contributed by atoms with Crippen molar-refractivity contribution in [3.05, 3.63) is 34.2 Å². The molecule has 0 aliphatic heterocycles. The molecule has 18 heavy (non-hydrogen) atoms. The van der Waals surface area contributed by atoms with Gasteiger partial charge in [-0.2, -0.15) is 10.5 Å². The molecule has 0 fully saturated rings. The minimum Gasteiger partial charge on any atom is -0.208 e. The first-order chi connectivity index (χ1) is 8.72. The van der Waals surface area contributed by atoms with Crippen molar-refractivity contribution in [1.82, 2.24) is 9.97 Å². The molecule has 0 bridgehead atoms. The second-order valence-electron chi connectivity index (χ2n) is 3.54. The Morgan fingerprint density at radius 3 is 2.72 bits per heavy atom. The molecule has 4 nitrogen and oxygen atoms in total. The van der Waals surface area contributed by atoms with Crippen LogP contribution in [0.25, 0.3) is 20.3 Å². The van der Waals surface area contributed by atoms with E-state index in [1.54, 1.807) is 0 Å². The lowest BCUT2D eigenvalue weighted by atomic mass is 10.2. The highest BCUT2D eigenvalue weighted by Gasteiger charge is 2.14. The van der Waals surface area contributed by atoms with Crippen molar-refractivity contribution < 1.29 is 0 Å². The van der Waals surface area contributed by atoms with Crippen molar-refractivity contribution in [2.24, 2.45) is 0 Å². The van der Waals surface area contributed by atoms with Gasteiger partial charge in [0.1, 0.15) is 17.0 Å². The molecule has 0 N–H and O–H groups in total. The Labute approximate surface area is 114 Å². The van der Waals surface area contributed by atoms with Crippen molar-refractivity contribution in [3.63, 3.8) is 0 Å². The van der Waals surface area contributed by atoms with Crippen LogP contribution < -0.4 is 0 Å². The number of nitriles is 2. The summed E-state index contributed by atoms with van der Waals surface area (Å²) < 4.78 is 1.96. The van der Waals surface area contributed by atoms with Crippen LogP contribution in [0.15, 0.2) is 22.7 Å². The summed E-state index contributed by atoms with van der Waals surface area (Å²) >= 11 is 4.86. The van der Waals surface area contributed by atoms with Crippen molar-refractivity contribution in [3.8, 4) is 12.1 Å². The zero-order chi connectivity index (χ0) is 12.7. The average Bonchev–Trinajstić information content (AvgIpc) is 2.75. The van der Waals surface area contributed by atoms with Crippen LogP contribution in [-0.2, 0) is 0 Å². The number of halogens is 1. The molecule has 0 amide bonds. The third-order valence-corrected chi connectivity index (χ3v) is 4.06. The van der Waals surface area contributed by atoms with Gasteiger partial charge in [0.15, 0.2) is 5.69 Å². The molecule has 0 radical (unpaired) electrons. The smallest absolute Gasteiger partial charge is 0.208 e. The lowest BCUT2D eigenvalue weighted by molar-refractivity contribution is 1.14. The molecule has 0 spiro atoms. The third kappa shape index (κ3) is 1.55. The summed E-state index contributed by atoms with van der Waals surface area (Å²) in [5, 5.41) is 19.7. The van der Waals surface area contributed by atoms with Crippen LogP contribution in [0.1, 0.15) is 11.5 Å². The first-order valence-electron chi connectivity index (χ1n) is 4.93. The van der Waals surface area contributed by atoms with E-state index in [1.807, 2.05) is 30.3 Å². The van der Waals surface area contributed by atoms with E-state index in [0.717, 1.165) is 19.9 Å². The first-order valence-corrected chi connectivity index (χ1v) is 6.54. The predicted octanol–water partition coefficient (Wildman–Crippen LogP) is 3.35. The molecule has 6 heteroatoms. The maximum Gasteiger partial charge on any atom is 0.234 e. The molecular weight excluding hydrogens is 312 g/mol. The minimum absolute atomic E-state index is 0.0321. The van der Waals surface area contributed by atoms with Gasteiger partial charge in [-0.1, -0.05) is 15.9 Å². The van der Waals surface area contributed by atoms with E-state index in [0.29, 0.717) is 4.83 Å². The summed E-state index contributed by atoms with van der Waals surface area (Å²) in [7, 11) is 0. The predicted molar refractivity (Wildman–Crippen MR) is 72.1 cm³/mol. The minimum atomic E-state index is 0.0321. The fourth-order valence-electron chi connectivity index (χ4n) is 1.78. The Bertz CT molecular complexity index is 870. The Hall–Kier alpha value is -2.02. The normalized spacial score (nSPS) is 10.4. The molecule has 0 saturated heterocycles. The molecule has 0 atom stereocenters. The zero-order valence-corrected chi connectivity index (χ0v) is 11.2. The lowest BCUT2D eigenvalue weighted by Crippen LogP contribution is -1.92. The summed E-state index contributed by atoms with van der Waals surface area (Å²) in [5.41, 5.74) is 0.251. The summed E-state index contributed by atoms with van der Waals surface area (Å²) in [6.07, 6.45) is 0. The molecule has 0 unspecified atom stereocenters. The molecule has 84 valence electrons. The number of rotatable bonds is 0. The van der Waals surface area contributed by atoms with E-state index in [4.69, 9.17) is 10.5 Å². The summed E-state index contributed by atoms with van der Waals surface area (Å²) in [6.45, 7) is 0. The molecule has 1 aromatic carbocycles. The van der Waals surface area contributed by atoms with Gasteiger partial charge in [0, 0.05) is 14.6 Å². The van der Waals surface area contributed by atoms with Crippen molar-refractivity contribution in [1.29, 1.82) is 10.5 Å². The van der Waals surface area contributed by atoms with Gasteiger partial charge in [-0.25, -0.2) is 9.97 Å². The van der Waals surface area contributed by atoms with Crippen molar-refractivity contribution >= 4 is 47.6 Å². The van der Waals surface area contributed by atoms with Gasteiger partial charge in [0.2, 0.25) is 5.82 Å². The molecule has 0 saturated carbocycles. The van der Waals surface area contributed by atoms with E-state index < -0.39 is 0 Å². The molecule has 2 aromatic heterocycles. The molecule has 3 aromatic rings. The number of aromatic nitrogens is 2. The number of fused-ring (bicyclic) bond motifs is 3. The van der Waals surface area contributed by atoms with Gasteiger partial charge >= 0.3 is 0 Å². The van der Waals surface area contributed by atoms with Gasteiger partial charge < -0.3 is 0 Å². The third-order valence-electron chi connectivity index (χ3n) is 2.50. The zero-order valence-electron chi connectivity index (χ0n) is 8.81. The number of nitrogens with zero attached hydrogens (tertiary/aromatic N) is 4. The largest absolute Gasteiger partial charge is 0.234 e. The van der Waals surface area contributed by atoms with Crippen LogP contribution in [0.4, 0.5) is 0 Å². The number of hydrogen-bond acceptors (Lipinski definition) is 5. The van der Waals surface area contributed by atoms with E-state index in [9.17, 15) is 0 Å². The second-order valence-corrected chi connectivity index (χ2v) is 5.49. The quantitative estimate of drug-likeness (QED) is 0.637. The highest BCUT2D eigenvalue weighted by atomic mass is 79.9. The Morgan fingerprint density at radius 2 is 2.00 bits per heavy atom. The fourth-order valence-corrected chi connectivity index (χ4v) is 3.20. The van der Waals surface area contributed by atoms with Gasteiger partial charge in [-0.15, -0.1) is 11.3 Å². The highest BCUT2D eigenvalue weighted by Crippen LogP contribution is 2.35. The topological polar surface area (TPSA) is 73.4 Å². The summed E-state index contributed by atoms with van der Waals surface area (Å²) in [5.74, 6) is 0.0321. The highest BCUT2D eigenvalue weighted by molar-refractivity contribution is 9.10. The fraction of sp³-hybridized carbons (Fsp3) is 0. The maximum absolute atomic E-state index is 9.15. The van der Waals surface area contributed by atoms with Crippen LogP contribution in [-0.4, -0.2) is 9.97 Å². The van der Waals surface area contributed by atoms with Crippen LogP contribution in [0.5, 0.6) is 0 Å². The Balaban J connectivity index is 2.57. The molecule has 0 aliphatic rings. The van der Waals surface area contributed by atoms with Crippen molar-refractivity contribution in [2.75, 3.05) is 0 Å². The number of hydrogen-bond donors (Lipinski definition) is 0. The number of benzene rings is 1. The number of thiophene rings is 1. The summed E-state index contributed by atoms with van der Waals surface area (Å²) in [4.78, 5) is 8.77. The van der Waals surface area contributed by atoms with E-state index in [-0.39, 0.29) is 11.5 Å². The molecule has 2 heterocycles. The molecular formula is C12H3BrN4S. The second kappa shape index (κ2) is 4.02. The maximum atomic E-state index is 9.15. The van der Waals surface area contributed by atoms with Crippen LogP contribution >= 0.6 is 27.3 Å². The lowest BCUT2D eigenvalue weighted by Gasteiger charge is -1.95. The molecule has 0 aliphatic carbocycles. The average molecular weight is 315 g/mol. The van der Waals surface area contributed by atoms with Crippen LogP contribution in [0, 0.1) is 22.7 Å². The standard InChI is InChI=1S/C12H3BrN4S/c13-6-1-2-9-7(3-6)11-8(4-14)16-10(5-15)17-12(11)18-9/h1-3H. The van der Waals surface area contributed by atoms with E-state index in [2.05, 4.69) is 25.9 Å². The Morgan fingerprint density at radius 1 is 1.17 bits per heavy atom. The van der Waals surface area contributed by atoms with Gasteiger partial charge in [-0.05, 0) is 18.2 Å². The van der Waals surface area contributed by atoms with Crippen LogP contribution in [0.3, 0.4) is 0 Å².